The molecule has 3 heteroatoms. The fourth-order valence-corrected chi connectivity index (χ4v) is 2.20. The minimum Gasteiger partial charge on any atom is -0.0878 e. The van der Waals surface area contributed by atoms with Crippen molar-refractivity contribution >= 4 is 0 Å². The molecule has 1 saturated carbocycles. The molecule has 0 radical (unpaired) electrons. The third-order valence-electron chi connectivity index (χ3n) is 3.20. The summed E-state index contributed by atoms with van der Waals surface area (Å²) in [7, 11) is 0. The van der Waals surface area contributed by atoms with E-state index in [1.807, 2.05) is 13.8 Å². The monoisotopic (exact) mass is 195 g/mol. The molecule has 0 unspecified atom stereocenters. The van der Waals surface area contributed by atoms with E-state index in [0.29, 0.717) is 0 Å². The van der Waals surface area contributed by atoms with Crippen molar-refractivity contribution in [3.05, 3.63) is 10.4 Å². The lowest BCUT2D eigenvalue weighted by Crippen LogP contribution is -2.18. The molecule has 0 aromatic carbocycles. The average molecular weight is 195 g/mol. The number of rotatable bonds is 4. The number of nitrogens with zero attached hydrogens (tertiary/aromatic N) is 3. The molecule has 0 atom stereocenters. The number of hydrogen-bond acceptors (Lipinski definition) is 1. The van der Waals surface area contributed by atoms with Crippen LogP contribution in [0.15, 0.2) is 5.11 Å². The van der Waals surface area contributed by atoms with Gasteiger partial charge in [-0.2, -0.15) is 0 Å². The maximum Gasteiger partial charge on any atom is 0.0432 e. The van der Waals surface area contributed by atoms with Crippen LogP contribution in [0.1, 0.15) is 58.8 Å². The summed E-state index contributed by atoms with van der Waals surface area (Å²) >= 11 is 0. The molecule has 14 heavy (non-hydrogen) atoms. The first kappa shape index (κ1) is 11.4. The lowest BCUT2D eigenvalue weighted by molar-refractivity contribution is 0.304. The van der Waals surface area contributed by atoms with Crippen LogP contribution >= 0.6 is 0 Å². The van der Waals surface area contributed by atoms with Gasteiger partial charge in [0.15, 0.2) is 0 Å². The molecule has 0 aromatic rings. The second kappa shape index (κ2) is 5.26. The molecular formula is C11H21N3. The zero-order chi connectivity index (χ0) is 10.4. The average Bonchev–Trinajstić information content (AvgIpc) is 2.17. The summed E-state index contributed by atoms with van der Waals surface area (Å²) in [6, 6.07) is 0. The van der Waals surface area contributed by atoms with Crippen molar-refractivity contribution in [1.82, 2.24) is 0 Å². The zero-order valence-corrected chi connectivity index (χ0v) is 9.37. The summed E-state index contributed by atoms with van der Waals surface area (Å²) in [4.78, 5) is 2.90. The maximum atomic E-state index is 8.40. The molecule has 3 nitrogen and oxygen atoms in total. The van der Waals surface area contributed by atoms with Crippen LogP contribution in [0.3, 0.4) is 0 Å². The highest BCUT2D eigenvalue weighted by molar-refractivity contribution is 4.79. The van der Waals surface area contributed by atoms with E-state index in [4.69, 9.17) is 5.53 Å². The van der Waals surface area contributed by atoms with Crippen LogP contribution < -0.4 is 0 Å². The predicted molar refractivity (Wildman–Crippen MR) is 59.0 cm³/mol. The van der Waals surface area contributed by atoms with Gasteiger partial charge in [-0.05, 0) is 24.3 Å². The lowest BCUT2D eigenvalue weighted by atomic mass is 9.83. The van der Waals surface area contributed by atoms with Crippen LogP contribution in [0, 0.1) is 5.92 Å². The summed E-state index contributed by atoms with van der Waals surface area (Å²) in [5.74, 6) is 0.886. The van der Waals surface area contributed by atoms with Crippen molar-refractivity contribution in [3.63, 3.8) is 0 Å². The molecule has 1 aliphatic carbocycles. The minimum atomic E-state index is -0.188. The fraction of sp³-hybridized carbons (Fsp3) is 1.00. The molecule has 0 spiro atoms. The Bertz CT molecular complexity index is 211. The van der Waals surface area contributed by atoms with E-state index in [-0.39, 0.29) is 5.54 Å². The topological polar surface area (TPSA) is 48.8 Å². The molecule has 1 aliphatic rings. The van der Waals surface area contributed by atoms with Gasteiger partial charge in [0.25, 0.3) is 0 Å². The highest BCUT2D eigenvalue weighted by Crippen LogP contribution is 2.30. The highest BCUT2D eigenvalue weighted by atomic mass is 15.2. The Labute approximate surface area is 86.5 Å². The van der Waals surface area contributed by atoms with Crippen molar-refractivity contribution in [2.75, 3.05) is 0 Å². The van der Waals surface area contributed by atoms with E-state index in [2.05, 4.69) is 10.0 Å². The molecule has 0 aliphatic heterocycles. The quantitative estimate of drug-likeness (QED) is 0.362. The second-order valence-electron chi connectivity index (χ2n) is 5.04. The first-order valence-electron chi connectivity index (χ1n) is 5.70. The molecule has 1 fully saturated rings. The Morgan fingerprint density at radius 1 is 1.29 bits per heavy atom. The molecule has 0 N–H and O–H groups in total. The van der Waals surface area contributed by atoms with Gasteiger partial charge in [-0.3, -0.25) is 0 Å². The second-order valence-corrected chi connectivity index (χ2v) is 5.04. The Hall–Kier alpha value is -0.690. The molecule has 0 heterocycles. The molecular weight excluding hydrogens is 174 g/mol. The molecule has 1 rings (SSSR count). The van der Waals surface area contributed by atoms with Gasteiger partial charge >= 0.3 is 0 Å². The Kier molecular flexibility index (Phi) is 4.27. The lowest BCUT2D eigenvalue weighted by Gasteiger charge is -2.25. The van der Waals surface area contributed by atoms with E-state index < -0.39 is 0 Å². The van der Waals surface area contributed by atoms with Gasteiger partial charge in [-0.1, -0.05) is 51.1 Å². The van der Waals surface area contributed by atoms with Gasteiger partial charge in [0, 0.05) is 10.5 Å². The maximum absolute atomic E-state index is 8.40. The Morgan fingerprint density at radius 3 is 2.50 bits per heavy atom. The minimum absolute atomic E-state index is 0.188. The van der Waals surface area contributed by atoms with Gasteiger partial charge in [-0.15, -0.1) is 0 Å². The number of azide groups is 1. The molecule has 0 amide bonds. The first-order valence-corrected chi connectivity index (χ1v) is 5.70. The van der Waals surface area contributed by atoms with Gasteiger partial charge < -0.3 is 0 Å². The van der Waals surface area contributed by atoms with Crippen LogP contribution in [0.4, 0.5) is 0 Å². The SMILES string of the molecule is CC(C)(CCC1CCCCC1)N=[N+]=[N-]. The summed E-state index contributed by atoms with van der Waals surface area (Å²) < 4.78 is 0. The van der Waals surface area contributed by atoms with E-state index in [1.165, 1.54) is 38.5 Å². The third kappa shape index (κ3) is 4.01. The predicted octanol–water partition coefficient (Wildman–Crippen LogP) is 4.44. The third-order valence-corrected chi connectivity index (χ3v) is 3.20. The van der Waals surface area contributed by atoms with Crippen LogP contribution in [0.2, 0.25) is 0 Å². The van der Waals surface area contributed by atoms with Crippen molar-refractivity contribution in [3.8, 4) is 0 Å². The van der Waals surface area contributed by atoms with Gasteiger partial charge in [-0.25, -0.2) is 0 Å². The first-order chi connectivity index (χ1) is 6.64. The van der Waals surface area contributed by atoms with Gasteiger partial charge in [0.2, 0.25) is 0 Å². The summed E-state index contributed by atoms with van der Waals surface area (Å²) in [5, 5.41) is 3.82. The Balaban J connectivity index is 2.27. The van der Waals surface area contributed by atoms with Crippen molar-refractivity contribution in [2.24, 2.45) is 11.0 Å². The van der Waals surface area contributed by atoms with Crippen LogP contribution in [0.5, 0.6) is 0 Å². The summed E-state index contributed by atoms with van der Waals surface area (Å²) in [6.45, 7) is 4.05. The van der Waals surface area contributed by atoms with Crippen molar-refractivity contribution in [2.45, 2.75) is 64.3 Å². The number of hydrogen-bond donors (Lipinski definition) is 0. The molecule has 80 valence electrons. The molecule has 0 aromatic heterocycles. The smallest absolute Gasteiger partial charge is 0.0432 e. The van der Waals surface area contributed by atoms with E-state index in [0.717, 1.165) is 12.3 Å². The van der Waals surface area contributed by atoms with E-state index >= 15 is 0 Å². The highest BCUT2D eigenvalue weighted by Gasteiger charge is 2.19. The fourth-order valence-electron chi connectivity index (χ4n) is 2.20. The van der Waals surface area contributed by atoms with E-state index in [1.54, 1.807) is 0 Å². The molecule has 0 bridgehead atoms. The largest absolute Gasteiger partial charge is 0.0878 e. The Morgan fingerprint density at radius 2 is 1.93 bits per heavy atom. The van der Waals surface area contributed by atoms with Gasteiger partial charge in [0.1, 0.15) is 0 Å². The van der Waals surface area contributed by atoms with E-state index in [9.17, 15) is 0 Å². The summed E-state index contributed by atoms with van der Waals surface area (Å²) in [5.41, 5.74) is 8.21. The van der Waals surface area contributed by atoms with Gasteiger partial charge in [0.05, 0.1) is 0 Å². The standard InChI is InChI=1S/C11H21N3/c1-11(2,13-14-12)9-8-10-6-4-3-5-7-10/h10H,3-9H2,1-2H3. The van der Waals surface area contributed by atoms with Crippen molar-refractivity contribution < 1.29 is 0 Å². The molecule has 0 saturated heterocycles. The zero-order valence-electron chi connectivity index (χ0n) is 9.37. The van der Waals surface area contributed by atoms with Crippen LogP contribution in [-0.4, -0.2) is 5.54 Å². The van der Waals surface area contributed by atoms with Crippen LogP contribution in [-0.2, 0) is 0 Å². The van der Waals surface area contributed by atoms with Crippen molar-refractivity contribution in [1.29, 1.82) is 0 Å². The van der Waals surface area contributed by atoms with Crippen LogP contribution in [0.25, 0.3) is 10.4 Å². The summed E-state index contributed by atoms with van der Waals surface area (Å²) in [6.07, 6.45) is 9.22. The normalized spacial score (nSPS) is 19.0.